The van der Waals surface area contributed by atoms with Crippen LogP contribution in [0.15, 0.2) is 29.2 Å². The van der Waals surface area contributed by atoms with Crippen molar-refractivity contribution in [1.82, 2.24) is 0 Å². The molecule has 0 aliphatic carbocycles. The number of thioether (sulfide) groups is 1. The highest BCUT2D eigenvalue weighted by Crippen LogP contribution is 2.38. The quantitative estimate of drug-likeness (QED) is 0.740. The first-order valence-electron chi connectivity index (χ1n) is 8.51. The number of thiophene rings is 1. The first kappa shape index (κ1) is 19.4. The number of nitrogens with one attached hydrogen (secondary N) is 2. The summed E-state index contributed by atoms with van der Waals surface area (Å²) in [5.74, 6) is -0.972. The van der Waals surface area contributed by atoms with Crippen LogP contribution in [0.1, 0.15) is 34.1 Å². The molecule has 2 amide bonds. The first-order valence-corrected chi connectivity index (χ1v) is 10.2. The van der Waals surface area contributed by atoms with E-state index in [4.69, 9.17) is 4.74 Å². The zero-order valence-corrected chi connectivity index (χ0v) is 16.9. The number of esters is 1. The zero-order chi connectivity index (χ0) is 19.6. The molecular weight excluding hydrogens is 384 g/mol. The lowest BCUT2D eigenvalue weighted by Crippen LogP contribution is -2.32. The number of rotatable bonds is 5. The molecule has 2 aromatic rings. The van der Waals surface area contributed by atoms with Crippen LogP contribution in [0.4, 0.5) is 10.7 Å². The summed E-state index contributed by atoms with van der Waals surface area (Å²) in [4.78, 5) is 38.9. The maximum Gasteiger partial charge on any atom is 0.341 e. The third-order valence-corrected chi connectivity index (χ3v) is 6.62. The molecule has 8 heteroatoms. The maximum absolute atomic E-state index is 12.6. The SMILES string of the molecule is CCc1c(C)sc(NC(=O)C[C@@H]2Sc3ccccc3NC2=O)c1C(=O)OC. The van der Waals surface area contributed by atoms with Gasteiger partial charge in [0.25, 0.3) is 0 Å². The molecule has 2 N–H and O–H groups in total. The van der Waals surface area contributed by atoms with Gasteiger partial charge in [-0.15, -0.1) is 23.1 Å². The predicted molar refractivity (Wildman–Crippen MR) is 108 cm³/mol. The summed E-state index contributed by atoms with van der Waals surface area (Å²) < 4.78 is 4.87. The molecule has 0 saturated heterocycles. The monoisotopic (exact) mass is 404 g/mol. The molecule has 0 unspecified atom stereocenters. The third-order valence-electron chi connectivity index (χ3n) is 4.28. The van der Waals surface area contributed by atoms with Crippen LogP contribution in [-0.4, -0.2) is 30.1 Å². The highest BCUT2D eigenvalue weighted by Gasteiger charge is 2.30. The van der Waals surface area contributed by atoms with Crippen molar-refractivity contribution in [3.8, 4) is 0 Å². The standard InChI is InChI=1S/C19H20N2O4S2/c1-4-11-10(2)26-18(16(11)19(24)25-3)21-15(22)9-14-17(23)20-12-7-5-6-8-13(12)27-14/h5-8,14H,4,9H2,1-3H3,(H,20,23)(H,21,22)/t14-/m0/s1. The predicted octanol–water partition coefficient (Wildman–Crippen LogP) is 3.85. The number of fused-ring (bicyclic) bond motifs is 1. The van der Waals surface area contributed by atoms with Crippen molar-refractivity contribution >= 4 is 51.6 Å². The van der Waals surface area contributed by atoms with E-state index < -0.39 is 11.2 Å². The molecular formula is C19H20N2O4S2. The molecule has 0 fully saturated rings. The summed E-state index contributed by atoms with van der Waals surface area (Å²) in [5, 5.41) is 5.58. The van der Waals surface area contributed by atoms with E-state index in [-0.39, 0.29) is 18.2 Å². The molecule has 0 saturated carbocycles. The molecule has 0 bridgehead atoms. The Morgan fingerprint density at radius 1 is 1.30 bits per heavy atom. The average molecular weight is 405 g/mol. The number of hydrogen-bond acceptors (Lipinski definition) is 6. The minimum Gasteiger partial charge on any atom is -0.465 e. The summed E-state index contributed by atoms with van der Waals surface area (Å²) in [6.45, 7) is 3.86. The molecule has 6 nitrogen and oxygen atoms in total. The molecule has 3 rings (SSSR count). The van der Waals surface area contributed by atoms with Crippen molar-refractivity contribution in [2.45, 2.75) is 36.8 Å². The van der Waals surface area contributed by atoms with Gasteiger partial charge < -0.3 is 15.4 Å². The Morgan fingerprint density at radius 2 is 2.04 bits per heavy atom. The zero-order valence-electron chi connectivity index (χ0n) is 15.3. The van der Waals surface area contributed by atoms with Crippen molar-refractivity contribution in [2.24, 2.45) is 0 Å². The molecule has 0 spiro atoms. The highest BCUT2D eigenvalue weighted by atomic mass is 32.2. The van der Waals surface area contributed by atoms with E-state index in [1.54, 1.807) is 0 Å². The van der Waals surface area contributed by atoms with Gasteiger partial charge in [-0.25, -0.2) is 4.79 Å². The molecule has 1 aliphatic rings. The summed E-state index contributed by atoms with van der Waals surface area (Å²) >= 11 is 2.72. The fourth-order valence-corrected chi connectivity index (χ4v) is 5.24. The number of hydrogen-bond donors (Lipinski definition) is 2. The van der Waals surface area contributed by atoms with Crippen LogP contribution >= 0.6 is 23.1 Å². The summed E-state index contributed by atoms with van der Waals surface area (Å²) in [5.41, 5.74) is 2.04. The van der Waals surface area contributed by atoms with E-state index in [1.807, 2.05) is 38.1 Å². The van der Waals surface area contributed by atoms with Crippen LogP contribution in [0.3, 0.4) is 0 Å². The van der Waals surface area contributed by atoms with E-state index in [9.17, 15) is 14.4 Å². The van der Waals surface area contributed by atoms with Crippen molar-refractivity contribution in [3.63, 3.8) is 0 Å². The minimum atomic E-state index is -0.520. The lowest BCUT2D eigenvalue weighted by atomic mass is 10.1. The third kappa shape index (κ3) is 4.01. The lowest BCUT2D eigenvalue weighted by molar-refractivity contribution is -0.120. The first-order chi connectivity index (χ1) is 12.9. The molecule has 27 heavy (non-hydrogen) atoms. The Hall–Kier alpha value is -2.32. The number of para-hydroxylation sites is 1. The second kappa shape index (κ2) is 8.14. The van der Waals surface area contributed by atoms with Gasteiger partial charge >= 0.3 is 5.97 Å². The molecule has 2 heterocycles. The van der Waals surface area contributed by atoms with Gasteiger partial charge in [0, 0.05) is 16.2 Å². The molecule has 1 atom stereocenters. The largest absolute Gasteiger partial charge is 0.465 e. The minimum absolute atomic E-state index is 0.0177. The Labute approximate surface area is 165 Å². The number of carbonyl (C=O) groups excluding carboxylic acids is 3. The molecule has 1 aromatic heterocycles. The summed E-state index contributed by atoms with van der Waals surface area (Å²) in [6.07, 6.45) is 0.685. The van der Waals surface area contributed by atoms with Crippen molar-refractivity contribution in [3.05, 3.63) is 40.3 Å². The normalized spacial score (nSPS) is 15.7. The van der Waals surface area contributed by atoms with Gasteiger partial charge in [-0.3, -0.25) is 9.59 Å². The van der Waals surface area contributed by atoms with Crippen LogP contribution in [0.25, 0.3) is 0 Å². The maximum atomic E-state index is 12.6. The van der Waals surface area contributed by atoms with Gasteiger partial charge in [-0.1, -0.05) is 19.1 Å². The topological polar surface area (TPSA) is 84.5 Å². The summed E-state index contributed by atoms with van der Waals surface area (Å²) in [7, 11) is 1.32. The van der Waals surface area contributed by atoms with Gasteiger partial charge in [0.1, 0.15) is 5.00 Å². The molecule has 0 radical (unpaired) electrons. The van der Waals surface area contributed by atoms with E-state index in [0.717, 1.165) is 21.0 Å². The van der Waals surface area contributed by atoms with Gasteiger partial charge in [0.05, 0.1) is 23.6 Å². The van der Waals surface area contributed by atoms with E-state index in [1.165, 1.54) is 30.2 Å². The van der Waals surface area contributed by atoms with Gasteiger partial charge in [-0.2, -0.15) is 0 Å². The van der Waals surface area contributed by atoms with Crippen molar-refractivity contribution in [2.75, 3.05) is 17.7 Å². The Balaban J connectivity index is 1.75. The molecule has 1 aliphatic heterocycles. The van der Waals surface area contributed by atoms with Crippen molar-refractivity contribution < 1.29 is 19.1 Å². The fourth-order valence-electron chi connectivity index (χ4n) is 2.98. The van der Waals surface area contributed by atoms with Crippen LogP contribution in [0.5, 0.6) is 0 Å². The smallest absolute Gasteiger partial charge is 0.341 e. The number of benzene rings is 1. The molecule has 142 valence electrons. The van der Waals surface area contributed by atoms with E-state index in [2.05, 4.69) is 10.6 Å². The second-order valence-corrected chi connectivity index (χ2v) is 8.50. The number of amides is 2. The number of carbonyl (C=O) groups is 3. The molecule has 1 aromatic carbocycles. The van der Waals surface area contributed by atoms with E-state index in [0.29, 0.717) is 17.0 Å². The number of methoxy groups -OCH3 is 1. The Kier molecular flexibility index (Phi) is 5.86. The Morgan fingerprint density at radius 3 is 2.74 bits per heavy atom. The van der Waals surface area contributed by atoms with E-state index >= 15 is 0 Å². The highest BCUT2D eigenvalue weighted by molar-refractivity contribution is 8.01. The van der Waals surface area contributed by atoms with Crippen LogP contribution in [-0.2, 0) is 20.7 Å². The number of anilines is 2. The lowest BCUT2D eigenvalue weighted by Gasteiger charge is -2.23. The Bertz CT molecular complexity index is 907. The second-order valence-electron chi connectivity index (χ2n) is 6.03. The van der Waals surface area contributed by atoms with Crippen molar-refractivity contribution in [1.29, 1.82) is 0 Å². The van der Waals surface area contributed by atoms with Crippen LogP contribution in [0, 0.1) is 6.92 Å². The van der Waals surface area contributed by atoms with Gasteiger partial charge in [0.2, 0.25) is 11.8 Å². The van der Waals surface area contributed by atoms with Crippen LogP contribution < -0.4 is 10.6 Å². The fraction of sp³-hybridized carbons (Fsp3) is 0.316. The number of ether oxygens (including phenoxy) is 1. The van der Waals surface area contributed by atoms with Gasteiger partial charge in [0.15, 0.2) is 0 Å². The van der Waals surface area contributed by atoms with Crippen LogP contribution in [0.2, 0.25) is 0 Å². The average Bonchev–Trinajstić information content (AvgIpc) is 2.96. The van der Waals surface area contributed by atoms with Gasteiger partial charge in [-0.05, 0) is 31.0 Å². The number of aryl methyl sites for hydroxylation is 1. The summed E-state index contributed by atoms with van der Waals surface area (Å²) in [6, 6.07) is 7.49.